The van der Waals surface area contributed by atoms with Gasteiger partial charge < -0.3 is 14.8 Å². The van der Waals surface area contributed by atoms with Crippen molar-refractivity contribution in [3.05, 3.63) is 29.3 Å². The first-order valence-electron chi connectivity index (χ1n) is 5.50. The van der Waals surface area contributed by atoms with E-state index in [9.17, 15) is 4.79 Å². The van der Waals surface area contributed by atoms with Crippen LogP contribution in [0.25, 0.3) is 0 Å². The lowest BCUT2D eigenvalue weighted by Crippen LogP contribution is -2.34. The first kappa shape index (κ1) is 14.0. The molecule has 1 aromatic rings. The molecule has 0 saturated heterocycles. The third-order valence-electron chi connectivity index (χ3n) is 2.56. The zero-order chi connectivity index (χ0) is 13.5. The Morgan fingerprint density at radius 3 is 2.78 bits per heavy atom. The molecule has 5 heteroatoms. The molecule has 0 aromatic heterocycles. The van der Waals surface area contributed by atoms with Crippen LogP contribution in [0.15, 0.2) is 18.2 Å². The lowest BCUT2D eigenvalue weighted by molar-refractivity contribution is -0.142. The Morgan fingerprint density at radius 2 is 2.22 bits per heavy atom. The van der Waals surface area contributed by atoms with Gasteiger partial charge in [-0.1, -0.05) is 0 Å². The maximum absolute atomic E-state index is 11.2. The average molecular weight is 248 g/mol. The molecule has 0 radical (unpaired) electrons. The summed E-state index contributed by atoms with van der Waals surface area (Å²) < 4.78 is 9.82. The second-order valence-electron chi connectivity index (χ2n) is 3.76. The molecule has 1 rings (SSSR count). The molecule has 0 aliphatic carbocycles. The zero-order valence-electron chi connectivity index (χ0n) is 10.7. The van der Waals surface area contributed by atoms with E-state index in [0.717, 1.165) is 5.56 Å². The molecule has 96 valence electrons. The van der Waals surface area contributed by atoms with Crippen molar-refractivity contribution in [2.45, 2.75) is 19.5 Å². The number of esters is 1. The fourth-order valence-corrected chi connectivity index (χ4v) is 1.51. The highest BCUT2D eigenvalue weighted by Gasteiger charge is 2.13. The Balaban J connectivity index is 2.77. The zero-order valence-corrected chi connectivity index (χ0v) is 10.7. The van der Waals surface area contributed by atoms with Crippen LogP contribution in [-0.2, 0) is 16.1 Å². The van der Waals surface area contributed by atoms with Crippen LogP contribution in [0.3, 0.4) is 0 Å². The minimum absolute atomic E-state index is 0.328. The van der Waals surface area contributed by atoms with Crippen LogP contribution in [0.4, 0.5) is 0 Å². The maximum atomic E-state index is 11.2. The standard InChI is InChI=1S/C13H16N2O3/c1-9(13(16)18-3)15-8-11-6-10(7-14)4-5-12(11)17-2/h4-6,9,15H,8H2,1-3H3. The monoisotopic (exact) mass is 248 g/mol. The summed E-state index contributed by atoms with van der Waals surface area (Å²) in [5.74, 6) is 0.351. The molecule has 0 aliphatic heterocycles. The van der Waals surface area contributed by atoms with E-state index < -0.39 is 6.04 Å². The smallest absolute Gasteiger partial charge is 0.322 e. The fourth-order valence-electron chi connectivity index (χ4n) is 1.51. The van der Waals surface area contributed by atoms with Crippen molar-refractivity contribution in [2.75, 3.05) is 14.2 Å². The van der Waals surface area contributed by atoms with E-state index in [4.69, 9.17) is 10.00 Å². The van der Waals surface area contributed by atoms with Crippen LogP contribution in [0, 0.1) is 11.3 Å². The number of hydrogen-bond donors (Lipinski definition) is 1. The molecule has 0 heterocycles. The lowest BCUT2D eigenvalue weighted by Gasteiger charge is -2.13. The van der Waals surface area contributed by atoms with Crippen molar-refractivity contribution in [1.82, 2.24) is 5.32 Å². The summed E-state index contributed by atoms with van der Waals surface area (Å²) in [6.07, 6.45) is 0. The summed E-state index contributed by atoms with van der Waals surface area (Å²) in [5.41, 5.74) is 1.38. The number of methoxy groups -OCH3 is 2. The minimum atomic E-state index is -0.412. The lowest BCUT2D eigenvalue weighted by atomic mass is 10.1. The van der Waals surface area contributed by atoms with Crippen molar-refractivity contribution in [2.24, 2.45) is 0 Å². The van der Waals surface area contributed by atoms with Crippen LogP contribution in [0.5, 0.6) is 5.75 Å². The molecule has 1 atom stereocenters. The quantitative estimate of drug-likeness (QED) is 0.793. The van der Waals surface area contributed by atoms with Crippen LogP contribution in [0.1, 0.15) is 18.1 Å². The Labute approximate surface area is 106 Å². The molecule has 1 unspecified atom stereocenters. The Morgan fingerprint density at radius 1 is 1.50 bits per heavy atom. The number of ether oxygens (including phenoxy) is 2. The van der Waals surface area contributed by atoms with Crippen LogP contribution in [-0.4, -0.2) is 26.2 Å². The number of benzene rings is 1. The molecular formula is C13H16N2O3. The van der Waals surface area contributed by atoms with E-state index in [1.165, 1.54) is 7.11 Å². The van der Waals surface area contributed by atoms with E-state index >= 15 is 0 Å². The molecule has 0 bridgehead atoms. The van der Waals surface area contributed by atoms with Crippen molar-refractivity contribution in [3.8, 4) is 11.8 Å². The minimum Gasteiger partial charge on any atom is -0.496 e. The number of rotatable bonds is 5. The first-order chi connectivity index (χ1) is 8.62. The highest BCUT2D eigenvalue weighted by atomic mass is 16.5. The number of nitrogens with one attached hydrogen (secondary N) is 1. The van der Waals surface area contributed by atoms with Gasteiger partial charge in [0.1, 0.15) is 11.8 Å². The van der Waals surface area contributed by atoms with Crippen molar-refractivity contribution in [3.63, 3.8) is 0 Å². The van der Waals surface area contributed by atoms with Gasteiger partial charge in [-0.15, -0.1) is 0 Å². The van der Waals surface area contributed by atoms with Gasteiger partial charge >= 0.3 is 5.97 Å². The first-order valence-corrected chi connectivity index (χ1v) is 5.50. The van der Waals surface area contributed by atoms with Gasteiger partial charge in [-0.3, -0.25) is 4.79 Å². The number of nitriles is 1. The number of carbonyl (C=O) groups excluding carboxylic acids is 1. The summed E-state index contributed by atoms with van der Waals surface area (Å²) in [7, 11) is 2.91. The van der Waals surface area contributed by atoms with Crippen molar-refractivity contribution in [1.29, 1.82) is 5.26 Å². The molecule has 1 aromatic carbocycles. The topological polar surface area (TPSA) is 71.3 Å². The summed E-state index contributed by atoms with van der Waals surface area (Å²) >= 11 is 0. The summed E-state index contributed by atoms with van der Waals surface area (Å²) in [6, 6.07) is 6.81. The van der Waals surface area contributed by atoms with E-state index in [1.54, 1.807) is 32.2 Å². The van der Waals surface area contributed by atoms with E-state index in [1.807, 2.05) is 0 Å². The highest BCUT2D eigenvalue weighted by Crippen LogP contribution is 2.19. The molecule has 0 amide bonds. The predicted octanol–water partition coefficient (Wildman–Crippen LogP) is 1.22. The third kappa shape index (κ3) is 3.47. The van der Waals surface area contributed by atoms with Gasteiger partial charge in [0.15, 0.2) is 0 Å². The Kier molecular flexibility index (Phi) is 5.15. The van der Waals surface area contributed by atoms with E-state index in [-0.39, 0.29) is 5.97 Å². The van der Waals surface area contributed by atoms with Crippen LogP contribution < -0.4 is 10.1 Å². The van der Waals surface area contributed by atoms with Crippen molar-refractivity contribution < 1.29 is 14.3 Å². The normalized spacial score (nSPS) is 11.4. The third-order valence-corrected chi connectivity index (χ3v) is 2.56. The second kappa shape index (κ2) is 6.62. The Bertz CT molecular complexity index is 466. The molecule has 0 fully saturated rings. The maximum Gasteiger partial charge on any atom is 0.322 e. The molecule has 0 aliphatic rings. The summed E-state index contributed by atoms with van der Waals surface area (Å²) in [4.78, 5) is 11.2. The van der Waals surface area contributed by atoms with Gasteiger partial charge in [0.25, 0.3) is 0 Å². The SMILES string of the molecule is COC(=O)C(C)NCc1cc(C#N)ccc1OC. The largest absolute Gasteiger partial charge is 0.496 e. The molecule has 5 nitrogen and oxygen atoms in total. The fraction of sp³-hybridized carbons (Fsp3) is 0.385. The van der Waals surface area contributed by atoms with Gasteiger partial charge in [-0.05, 0) is 25.1 Å². The predicted molar refractivity (Wildman–Crippen MR) is 66.0 cm³/mol. The van der Waals surface area contributed by atoms with Crippen LogP contribution in [0.2, 0.25) is 0 Å². The summed E-state index contributed by atoms with van der Waals surface area (Å²) in [6.45, 7) is 2.14. The van der Waals surface area contributed by atoms with E-state index in [2.05, 4.69) is 16.1 Å². The highest BCUT2D eigenvalue weighted by molar-refractivity contribution is 5.75. The summed E-state index contributed by atoms with van der Waals surface area (Å²) in [5, 5.41) is 11.9. The number of carbonyl (C=O) groups is 1. The molecular weight excluding hydrogens is 232 g/mol. The number of nitrogens with zero attached hydrogens (tertiary/aromatic N) is 1. The molecule has 1 N–H and O–H groups in total. The van der Waals surface area contributed by atoms with Gasteiger partial charge in [0.2, 0.25) is 0 Å². The molecule has 18 heavy (non-hydrogen) atoms. The van der Waals surface area contributed by atoms with Gasteiger partial charge in [0.05, 0.1) is 25.9 Å². The number of hydrogen-bond acceptors (Lipinski definition) is 5. The van der Waals surface area contributed by atoms with Gasteiger partial charge in [-0.2, -0.15) is 5.26 Å². The second-order valence-corrected chi connectivity index (χ2v) is 3.76. The average Bonchev–Trinajstić information content (AvgIpc) is 2.43. The Hall–Kier alpha value is -2.06. The van der Waals surface area contributed by atoms with Crippen LogP contribution >= 0.6 is 0 Å². The molecule has 0 saturated carbocycles. The van der Waals surface area contributed by atoms with Gasteiger partial charge in [0, 0.05) is 12.1 Å². The van der Waals surface area contributed by atoms with E-state index in [0.29, 0.717) is 17.9 Å². The van der Waals surface area contributed by atoms with Gasteiger partial charge in [-0.25, -0.2) is 0 Å². The van der Waals surface area contributed by atoms with Crippen molar-refractivity contribution >= 4 is 5.97 Å². The molecule has 0 spiro atoms.